The van der Waals surface area contributed by atoms with Crippen molar-refractivity contribution < 1.29 is 9.09 Å². The van der Waals surface area contributed by atoms with Gasteiger partial charge in [-0.15, -0.1) is 4.52 Å². The summed E-state index contributed by atoms with van der Waals surface area (Å²) in [4.78, 5) is 0. The molecule has 0 fully saturated rings. The molecular weight excluding hydrogens is 242 g/mol. The third-order valence-corrected chi connectivity index (χ3v) is 4.07. The summed E-state index contributed by atoms with van der Waals surface area (Å²) < 4.78 is 15.0. The van der Waals surface area contributed by atoms with Crippen molar-refractivity contribution in [2.24, 2.45) is 0 Å². The summed E-state index contributed by atoms with van der Waals surface area (Å²) in [5.74, 6) is 0. The van der Waals surface area contributed by atoms with E-state index >= 15 is 0 Å². The first-order valence-corrected chi connectivity index (χ1v) is 6.06. The maximum atomic E-state index is 11.5. The van der Waals surface area contributed by atoms with Gasteiger partial charge in [-0.2, -0.15) is 0 Å². The quantitative estimate of drug-likeness (QED) is 0.596. The Hall–Kier alpha value is -0.140. The van der Waals surface area contributed by atoms with E-state index in [9.17, 15) is 4.57 Å². The minimum Gasteiger partial charge on any atom is -0.144 e. The SMILES string of the molecule is CCO[P+](=O)C(Cl)(Cl)c1ccccc1. The third-order valence-electron chi connectivity index (χ3n) is 1.60. The minimum absolute atomic E-state index is 0.323. The van der Waals surface area contributed by atoms with Crippen molar-refractivity contribution in [2.75, 3.05) is 6.61 Å². The van der Waals surface area contributed by atoms with E-state index in [-0.39, 0.29) is 0 Å². The van der Waals surface area contributed by atoms with Crippen LogP contribution >= 0.6 is 31.2 Å². The summed E-state index contributed by atoms with van der Waals surface area (Å²) in [6.45, 7) is 2.06. The smallest absolute Gasteiger partial charge is 0.144 e. The van der Waals surface area contributed by atoms with E-state index in [4.69, 9.17) is 27.7 Å². The highest BCUT2D eigenvalue weighted by molar-refractivity contribution is 7.46. The Morgan fingerprint density at radius 2 is 1.93 bits per heavy atom. The molecule has 76 valence electrons. The number of hydrogen-bond acceptors (Lipinski definition) is 2. The van der Waals surface area contributed by atoms with Crippen LogP contribution in [0.5, 0.6) is 0 Å². The second-order valence-electron chi connectivity index (χ2n) is 2.58. The van der Waals surface area contributed by atoms with Gasteiger partial charge in [-0.05, 0) is 34.7 Å². The van der Waals surface area contributed by atoms with E-state index in [1.54, 1.807) is 31.2 Å². The van der Waals surface area contributed by atoms with Gasteiger partial charge in [-0.3, -0.25) is 0 Å². The Labute approximate surface area is 94.0 Å². The van der Waals surface area contributed by atoms with Crippen molar-refractivity contribution >= 4 is 31.2 Å². The van der Waals surface area contributed by atoms with Gasteiger partial charge in [0.15, 0.2) is 0 Å². The van der Waals surface area contributed by atoms with E-state index in [1.165, 1.54) is 0 Å². The fourth-order valence-electron chi connectivity index (χ4n) is 0.942. The van der Waals surface area contributed by atoms with Crippen molar-refractivity contribution in [1.82, 2.24) is 0 Å². The van der Waals surface area contributed by atoms with Crippen LogP contribution in [-0.2, 0) is 13.2 Å². The van der Waals surface area contributed by atoms with Gasteiger partial charge in [0.05, 0.1) is 6.61 Å². The molecule has 0 aromatic heterocycles. The molecule has 0 saturated carbocycles. The van der Waals surface area contributed by atoms with Gasteiger partial charge in [0.1, 0.15) is 0 Å². The molecule has 0 aliphatic rings. The zero-order valence-corrected chi connectivity index (χ0v) is 10.0. The minimum atomic E-state index is -2.12. The molecule has 0 amide bonds. The predicted molar refractivity (Wildman–Crippen MR) is 59.1 cm³/mol. The molecule has 0 spiro atoms. The second-order valence-corrected chi connectivity index (χ2v) is 5.88. The lowest BCUT2D eigenvalue weighted by Gasteiger charge is -2.06. The molecule has 0 bridgehead atoms. The Balaban J connectivity index is 2.90. The van der Waals surface area contributed by atoms with E-state index in [0.717, 1.165) is 0 Å². The third kappa shape index (κ3) is 2.68. The molecule has 5 heteroatoms. The Morgan fingerprint density at radius 1 is 1.36 bits per heavy atom. The van der Waals surface area contributed by atoms with Gasteiger partial charge in [-0.1, -0.05) is 30.3 Å². The maximum absolute atomic E-state index is 11.5. The van der Waals surface area contributed by atoms with E-state index in [1.807, 2.05) is 6.07 Å². The zero-order chi connectivity index (χ0) is 10.6. The van der Waals surface area contributed by atoms with Gasteiger partial charge in [0.2, 0.25) is 0 Å². The summed E-state index contributed by atoms with van der Waals surface area (Å²) in [7, 11) is -2.12. The summed E-state index contributed by atoms with van der Waals surface area (Å²) in [5, 5.41) is 0. The Morgan fingerprint density at radius 3 is 2.43 bits per heavy atom. The van der Waals surface area contributed by atoms with Crippen molar-refractivity contribution in [3.05, 3.63) is 35.9 Å². The number of alkyl halides is 2. The standard InChI is InChI=1S/C9H10Cl2O2P/c1-2-13-14(12)9(10,11)8-6-4-3-5-7-8/h3-7H,2H2,1H3/q+1. The lowest BCUT2D eigenvalue weighted by atomic mass is 10.2. The van der Waals surface area contributed by atoms with Crippen LogP contribution in [-0.4, -0.2) is 6.61 Å². The van der Waals surface area contributed by atoms with Gasteiger partial charge in [0.25, 0.3) is 0 Å². The summed E-state index contributed by atoms with van der Waals surface area (Å²) in [5.41, 5.74) is 0.581. The van der Waals surface area contributed by atoms with E-state index in [0.29, 0.717) is 12.2 Å². The molecule has 0 saturated heterocycles. The van der Waals surface area contributed by atoms with Crippen LogP contribution in [0.1, 0.15) is 12.5 Å². The molecule has 0 heterocycles. The van der Waals surface area contributed by atoms with E-state index in [2.05, 4.69) is 0 Å². The molecule has 2 nitrogen and oxygen atoms in total. The molecule has 14 heavy (non-hydrogen) atoms. The zero-order valence-electron chi connectivity index (χ0n) is 7.61. The summed E-state index contributed by atoms with van der Waals surface area (Å²) in [6.07, 6.45) is 0. The van der Waals surface area contributed by atoms with Gasteiger partial charge in [-0.25, -0.2) is 0 Å². The highest BCUT2D eigenvalue weighted by Gasteiger charge is 2.49. The second kappa shape index (κ2) is 5.09. The predicted octanol–water partition coefficient (Wildman–Crippen LogP) is 4.05. The molecule has 0 aliphatic carbocycles. The fraction of sp³-hybridized carbons (Fsp3) is 0.333. The van der Waals surface area contributed by atoms with Crippen LogP contribution in [0.3, 0.4) is 0 Å². The fourth-order valence-corrected chi connectivity index (χ4v) is 2.24. The van der Waals surface area contributed by atoms with Crippen molar-refractivity contribution in [3.8, 4) is 0 Å². The molecule has 1 unspecified atom stereocenters. The molecule has 1 aromatic rings. The molecular formula is C9H10Cl2O2P+. The molecule has 0 N–H and O–H groups in total. The Bertz CT molecular complexity index is 314. The lowest BCUT2D eigenvalue weighted by molar-refractivity contribution is 0.346. The number of hydrogen-bond donors (Lipinski definition) is 0. The average Bonchev–Trinajstić information content (AvgIpc) is 2.19. The normalized spacial score (nSPS) is 12.6. The summed E-state index contributed by atoms with van der Waals surface area (Å²) in [6, 6.07) is 8.83. The Kier molecular flexibility index (Phi) is 4.33. The highest BCUT2D eigenvalue weighted by Crippen LogP contribution is 2.54. The molecule has 1 rings (SSSR count). The number of halogens is 2. The monoisotopic (exact) mass is 251 g/mol. The topological polar surface area (TPSA) is 26.3 Å². The largest absolute Gasteiger partial charge is 0.553 e. The molecule has 0 radical (unpaired) electrons. The first-order chi connectivity index (χ1) is 6.59. The first-order valence-electron chi connectivity index (χ1n) is 4.12. The van der Waals surface area contributed by atoms with Gasteiger partial charge < -0.3 is 0 Å². The van der Waals surface area contributed by atoms with Crippen LogP contribution in [0.25, 0.3) is 0 Å². The lowest BCUT2D eigenvalue weighted by Crippen LogP contribution is -2.05. The highest BCUT2D eigenvalue weighted by atomic mass is 35.5. The maximum Gasteiger partial charge on any atom is 0.553 e. The van der Waals surface area contributed by atoms with Crippen molar-refractivity contribution in [2.45, 2.75) is 11.0 Å². The first kappa shape index (κ1) is 11.9. The van der Waals surface area contributed by atoms with Crippen LogP contribution in [0.2, 0.25) is 0 Å². The van der Waals surface area contributed by atoms with Crippen LogP contribution in [0, 0.1) is 0 Å². The number of rotatable bonds is 4. The van der Waals surface area contributed by atoms with Gasteiger partial charge in [0, 0.05) is 5.56 Å². The van der Waals surface area contributed by atoms with Crippen LogP contribution in [0.15, 0.2) is 30.3 Å². The van der Waals surface area contributed by atoms with Crippen LogP contribution in [0.4, 0.5) is 0 Å². The molecule has 1 atom stereocenters. The van der Waals surface area contributed by atoms with Crippen molar-refractivity contribution in [1.29, 1.82) is 0 Å². The molecule has 1 aromatic carbocycles. The van der Waals surface area contributed by atoms with Gasteiger partial charge >= 0.3 is 12.1 Å². The van der Waals surface area contributed by atoms with Crippen LogP contribution < -0.4 is 0 Å². The number of benzene rings is 1. The van der Waals surface area contributed by atoms with E-state index < -0.39 is 12.1 Å². The average molecular weight is 252 g/mol. The van der Waals surface area contributed by atoms with Crippen molar-refractivity contribution in [3.63, 3.8) is 0 Å². The molecule has 0 aliphatic heterocycles. The summed E-state index contributed by atoms with van der Waals surface area (Å²) >= 11 is 11.9.